The summed E-state index contributed by atoms with van der Waals surface area (Å²) in [6.07, 6.45) is 11.5. The van der Waals surface area contributed by atoms with Crippen molar-refractivity contribution in [3.05, 3.63) is 0 Å². The maximum absolute atomic E-state index is 12.5. The van der Waals surface area contributed by atoms with Gasteiger partial charge in [0.2, 0.25) is 0 Å². The Hall–Kier alpha value is -0.550. The van der Waals surface area contributed by atoms with Gasteiger partial charge in [-0.2, -0.15) is 0 Å². The number of alkyl halides is 1. The molecule has 0 N–H and O–H groups in total. The highest BCUT2D eigenvalue weighted by atomic mass is 19.1. The third-order valence-corrected chi connectivity index (χ3v) is 3.63. The predicted molar refractivity (Wildman–Crippen MR) is 67.0 cm³/mol. The monoisotopic (exact) mass is 225 g/mol. The first-order valence-corrected chi connectivity index (χ1v) is 6.57. The van der Waals surface area contributed by atoms with E-state index in [9.17, 15) is 4.39 Å². The zero-order valence-electron chi connectivity index (χ0n) is 10.4. The lowest BCUT2D eigenvalue weighted by Crippen LogP contribution is -2.52. The lowest BCUT2D eigenvalue weighted by molar-refractivity contribution is 0.0345. The zero-order valence-corrected chi connectivity index (χ0v) is 10.4. The van der Waals surface area contributed by atoms with Crippen molar-refractivity contribution in [1.29, 1.82) is 0 Å². The Balaban J connectivity index is 2.30. The molecule has 16 heavy (non-hydrogen) atoms. The highest BCUT2D eigenvalue weighted by molar-refractivity contribution is 4.90. The summed E-state index contributed by atoms with van der Waals surface area (Å²) in [5, 5.41) is 0. The van der Waals surface area contributed by atoms with Crippen LogP contribution in [0, 0.1) is 18.3 Å². The van der Waals surface area contributed by atoms with Crippen LogP contribution in [0.3, 0.4) is 0 Å². The number of nitrogens with zero attached hydrogens (tertiary/aromatic N) is 1. The van der Waals surface area contributed by atoms with Crippen LogP contribution in [0.2, 0.25) is 0 Å². The van der Waals surface area contributed by atoms with E-state index in [2.05, 4.69) is 17.7 Å². The van der Waals surface area contributed by atoms with Crippen LogP contribution >= 0.6 is 0 Å². The van der Waals surface area contributed by atoms with Gasteiger partial charge in [0.1, 0.15) is 0 Å². The van der Waals surface area contributed by atoms with Crippen molar-refractivity contribution in [2.75, 3.05) is 19.8 Å². The lowest BCUT2D eigenvalue weighted by atomic mass is 9.84. The van der Waals surface area contributed by atoms with E-state index >= 15 is 0 Å². The van der Waals surface area contributed by atoms with E-state index in [1.807, 2.05) is 0 Å². The van der Waals surface area contributed by atoms with Gasteiger partial charge in [-0.05, 0) is 44.7 Å². The van der Waals surface area contributed by atoms with E-state index in [1.54, 1.807) is 0 Å². The number of terminal acetylenes is 1. The van der Waals surface area contributed by atoms with Crippen LogP contribution in [0.5, 0.6) is 0 Å². The summed E-state index contributed by atoms with van der Waals surface area (Å²) in [4.78, 5) is 2.49. The molecule has 1 aliphatic rings. The molecule has 2 unspecified atom stereocenters. The first kappa shape index (κ1) is 13.5. The fourth-order valence-electron chi connectivity index (χ4n) is 2.70. The smallest absolute Gasteiger partial charge is 0.0897 e. The standard InChI is InChI=1S/C14H24FN/c1-3-5-6-11-16-12-9-14(16)13(7-4-2)8-10-15/h1,13-14H,4-12H2,2H3. The highest BCUT2D eigenvalue weighted by Gasteiger charge is 2.33. The van der Waals surface area contributed by atoms with Crippen molar-refractivity contribution in [3.8, 4) is 12.3 Å². The Kier molecular flexibility index (Phi) is 6.49. The Bertz CT molecular complexity index is 215. The quantitative estimate of drug-likeness (QED) is 0.453. The van der Waals surface area contributed by atoms with Crippen LogP contribution in [0.25, 0.3) is 0 Å². The summed E-state index contributed by atoms with van der Waals surface area (Å²) in [5.41, 5.74) is 0. The number of likely N-dealkylation sites (tertiary alicyclic amines) is 1. The topological polar surface area (TPSA) is 3.24 Å². The number of rotatable bonds is 8. The molecule has 0 bridgehead atoms. The molecule has 1 heterocycles. The van der Waals surface area contributed by atoms with E-state index in [-0.39, 0.29) is 6.67 Å². The largest absolute Gasteiger partial charge is 0.300 e. The van der Waals surface area contributed by atoms with Gasteiger partial charge in [0.25, 0.3) is 0 Å². The van der Waals surface area contributed by atoms with E-state index in [0.717, 1.165) is 25.8 Å². The van der Waals surface area contributed by atoms with Crippen molar-refractivity contribution in [3.63, 3.8) is 0 Å². The molecule has 0 amide bonds. The second-order valence-electron chi connectivity index (χ2n) is 4.73. The molecule has 2 atom stereocenters. The first-order chi connectivity index (χ1) is 7.83. The van der Waals surface area contributed by atoms with E-state index in [1.165, 1.54) is 25.8 Å². The fourth-order valence-corrected chi connectivity index (χ4v) is 2.70. The first-order valence-electron chi connectivity index (χ1n) is 6.57. The molecular weight excluding hydrogens is 201 g/mol. The Morgan fingerprint density at radius 2 is 2.31 bits per heavy atom. The molecule has 92 valence electrons. The lowest BCUT2D eigenvalue weighted by Gasteiger charge is -2.45. The molecule has 1 fully saturated rings. The van der Waals surface area contributed by atoms with Crippen molar-refractivity contribution in [2.24, 2.45) is 5.92 Å². The Labute approximate surface area is 99.4 Å². The van der Waals surface area contributed by atoms with Gasteiger partial charge in [0.15, 0.2) is 0 Å². The summed E-state index contributed by atoms with van der Waals surface area (Å²) >= 11 is 0. The van der Waals surface area contributed by atoms with Gasteiger partial charge in [-0.3, -0.25) is 9.29 Å². The van der Waals surface area contributed by atoms with Crippen LogP contribution in [-0.4, -0.2) is 30.7 Å². The van der Waals surface area contributed by atoms with Crippen LogP contribution in [0.1, 0.15) is 45.4 Å². The third-order valence-electron chi connectivity index (χ3n) is 3.63. The molecule has 0 aromatic carbocycles. The van der Waals surface area contributed by atoms with Gasteiger partial charge >= 0.3 is 0 Å². The maximum atomic E-state index is 12.5. The van der Waals surface area contributed by atoms with Crippen LogP contribution < -0.4 is 0 Å². The van der Waals surface area contributed by atoms with E-state index in [0.29, 0.717) is 12.0 Å². The average Bonchev–Trinajstić information content (AvgIpc) is 2.23. The third kappa shape index (κ3) is 3.79. The van der Waals surface area contributed by atoms with Gasteiger partial charge in [-0.1, -0.05) is 13.3 Å². The number of unbranched alkanes of at least 4 members (excludes halogenated alkanes) is 1. The average molecular weight is 225 g/mol. The van der Waals surface area contributed by atoms with E-state index < -0.39 is 0 Å². The van der Waals surface area contributed by atoms with Crippen LogP contribution in [-0.2, 0) is 0 Å². The molecule has 1 aliphatic heterocycles. The SMILES string of the molecule is C#CCCCN1CCC1C(CCC)CCF. The Morgan fingerprint density at radius 3 is 2.81 bits per heavy atom. The van der Waals surface area contributed by atoms with Crippen LogP contribution in [0.4, 0.5) is 4.39 Å². The second-order valence-corrected chi connectivity index (χ2v) is 4.73. The minimum absolute atomic E-state index is 0.167. The zero-order chi connectivity index (χ0) is 11.8. The van der Waals surface area contributed by atoms with Gasteiger partial charge < -0.3 is 0 Å². The number of halogens is 1. The second kappa shape index (κ2) is 7.68. The molecule has 1 saturated heterocycles. The summed E-state index contributed by atoms with van der Waals surface area (Å²) < 4.78 is 12.5. The molecule has 1 rings (SSSR count). The summed E-state index contributed by atoms with van der Waals surface area (Å²) in [6.45, 7) is 4.30. The molecule has 0 spiro atoms. The minimum atomic E-state index is -0.167. The molecule has 0 radical (unpaired) electrons. The van der Waals surface area contributed by atoms with Crippen molar-refractivity contribution >= 4 is 0 Å². The summed E-state index contributed by atoms with van der Waals surface area (Å²) in [7, 11) is 0. The fraction of sp³-hybridized carbons (Fsp3) is 0.857. The van der Waals surface area contributed by atoms with Gasteiger partial charge in [-0.15, -0.1) is 12.3 Å². The Morgan fingerprint density at radius 1 is 1.50 bits per heavy atom. The van der Waals surface area contributed by atoms with Crippen LogP contribution in [0.15, 0.2) is 0 Å². The minimum Gasteiger partial charge on any atom is -0.300 e. The summed E-state index contributed by atoms with van der Waals surface area (Å²) in [5.74, 6) is 3.24. The normalized spacial score (nSPS) is 22.4. The van der Waals surface area contributed by atoms with Crippen molar-refractivity contribution in [2.45, 2.75) is 51.5 Å². The number of hydrogen-bond donors (Lipinski definition) is 0. The number of hydrogen-bond acceptors (Lipinski definition) is 1. The molecule has 0 aliphatic carbocycles. The molecular formula is C14H24FN. The summed E-state index contributed by atoms with van der Waals surface area (Å²) in [6, 6.07) is 0.633. The maximum Gasteiger partial charge on any atom is 0.0897 e. The highest BCUT2D eigenvalue weighted by Crippen LogP contribution is 2.30. The predicted octanol–water partition coefficient (Wildman–Crippen LogP) is 3.25. The molecule has 0 aromatic rings. The van der Waals surface area contributed by atoms with Gasteiger partial charge in [0.05, 0.1) is 6.67 Å². The molecule has 2 heteroatoms. The van der Waals surface area contributed by atoms with E-state index in [4.69, 9.17) is 6.42 Å². The van der Waals surface area contributed by atoms with Crippen molar-refractivity contribution < 1.29 is 4.39 Å². The van der Waals surface area contributed by atoms with Gasteiger partial charge in [0, 0.05) is 12.5 Å². The van der Waals surface area contributed by atoms with Crippen molar-refractivity contribution in [1.82, 2.24) is 4.90 Å². The molecule has 0 saturated carbocycles. The molecule has 1 nitrogen and oxygen atoms in total. The van der Waals surface area contributed by atoms with Gasteiger partial charge in [-0.25, -0.2) is 0 Å². The molecule has 0 aromatic heterocycles.